The third-order valence-electron chi connectivity index (χ3n) is 5.52. The number of carbonyl (C=O) groups excluding carboxylic acids is 1. The quantitative estimate of drug-likeness (QED) is 0.188. The number of allylic oxidation sites excluding steroid dienone is 1. The van der Waals surface area contributed by atoms with Crippen molar-refractivity contribution in [3.63, 3.8) is 0 Å². The summed E-state index contributed by atoms with van der Waals surface area (Å²) in [5, 5.41) is 10.5. The van der Waals surface area contributed by atoms with Gasteiger partial charge >= 0.3 is 0 Å². The van der Waals surface area contributed by atoms with Gasteiger partial charge in [-0.1, -0.05) is 68.4 Å². The van der Waals surface area contributed by atoms with Crippen LogP contribution < -0.4 is 15.6 Å². The van der Waals surface area contributed by atoms with Crippen LogP contribution in [0, 0.1) is 17.2 Å². The number of nitrogens with zero attached hydrogens (tertiary/aromatic N) is 1. The molecular formula is C29H27N3O3. The Kier molecular flexibility index (Phi) is 7.30. The van der Waals surface area contributed by atoms with Gasteiger partial charge in [-0.3, -0.25) is 10.2 Å². The number of para-hydroxylation sites is 1. The molecule has 6 heteroatoms. The van der Waals surface area contributed by atoms with Crippen LogP contribution in [0.25, 0.3) is 33.9 Å². The van der Waals surface area contributed by atoms with Gasteiger partial charge in [0.05, 0.1) is 24.3 Å². The predicted molar refractivity (Wildman–Crippen MR) is 138 cm³/mol. The van der Waals surface area contributed by atoms with Crippen LogP contribution in [0.15, 0.2) is 77.2 Å². The molecule has 0 radical (unpaired) electrons. The van der Waals surface area contributed by atoms with Crippen molar-refractivity contribution in [3.05, 3.63) is 89.5 Å². The fourth-order valence-corrected chi connectivity index (χ4v) is 3.75. The number of rotatable bonds is 8. The van der Waals surface area contributed by atoms with Crippen LogP contribution >= 0.6 is 0 Å². The molecule has 0 bridgehead atoms. The predicted octanol–water partition coefficient (Wildman–Crippen LogP) is 6.06. The van der Waals surface area contributed by atoms with E-state index in [1.807, 2.05) is 78.9 Å². The summed E-state index contributed by atoms with van der Waals surface area (Å²) in [6.45, 7) is 4.79. The largest absolute Gasteiger partial charge is 0.497 e. The first-order valence-corrected chi connectivity index (χ1v) is 11.4. The molecule has 1 heterocycles. The zero-order valence-corrected chi connectivity index (χ0v) is 20.0. The highest BCUT2D eigenvalue weighted by atomic mass is 16.5. The van der Waals surface area contributed by atoms with Crippen molar-refractivity contribution in [3.8, 4) is 23.1 Å². The summed E-state index contributed by atoms with van der Waals surface area (Å²) in [4.78, 5) is 13.1. The summed E-state index contributed by atoms with van der Waals surface area (Å²) in [6, 6.07) is 24.7. The molecule has 3 aromatic carbocycles. The molecule has 0 spiro atoms. The lowest BCUT2D eigenvalue weighted by Gasteiger charge is -2.10. The Hall–Kier alpha value is -4.34. The number of carbonyl (C=O) groups is 1. The lowest BCUT2D eigenvalue weighted by atomic mass is 10.00. The van der Waals surface area contributed by atoms with Crippen molar-refractivity contribution in [2.45, 2.75) is 13.8 Å². The zero-order chi connectivity index (χ0) is 24.8. The summed E-state index contributed by atoms with van der Waals surface area (Å²) in [6.07, 6.45) is 1.82. The number of methoxy groups -OCH3 is 1. The van der Waals surface area contributed by atoms with E-state index < -0.39 is 0 Å². The summed E-state index contributed by atoms with van der Waals surface area (Å²) in [5.41, 5.74) is 9.77. The number of amides is 1. The van der Waals surface area contributed by atoms with Crippen molar-refractivity contribution < 1.29 is 13.9 Å². The maximum Gasteiger partial charge on any atom is 0.269 e. The number of hydrazine groups is 1. The molecule has 0 saturated heterocycles. The highest BCUT2D eigenvalue weighted by Gasteiger charge is 2.22. The number of furan rings is 1. The molecule has 176 valence electrons. The van der Waals surface area contributed by atoms with Crippen LogP contribution in [0.3, 0.4) is 0 Å². The van der Waals surface area contributed by atoms with Gasteiger partial charge in [-0.25, -0.2) is 5.43 Å². The Labute approximate surface area is 204 Å². The van der Waals surface area contributed by atoms with E-state index in [9.17, 15) is 10.1 Å². The Balaban J connectivity index is 1.67. The third kappa shape index (κ3) is 5.43. The zero-order valence-electron chi connectivity index (χ0n) is 20.0. The first kappa shape index (κ1) is 23.8. The van der Waals surface area contributed by atoms with Crippen molar-refractivity contribution >= 4 is 28.5 Å². The van der Waals surface area contributed by atoms with E-state index in [-0.39, 0.29) is 5.91 Å². The molecule has 0 aliphatic carbocycles. The molecule has 4 rings (SSSR count). The molecular weight excluding hydrogens is 438 g/mol. The Bertz CT molecular complexity index is 1410. The summed E-state index contributed by atoms with van der Waals surface area (Å²) in [7, 11) is 1.61. The van der Waals surface area contributed by atoms with E-state index in [4.69, 9.17) is 9.15 Å². The maximum atomic E-state index is 13.1. The minimum absolute atomic E-state index is 0.259. The Morgan fingerprint density at radius 2 is 1.86 bits per heavy atom. The fourth-order valence-electron chi connectivity index (χ4n) is 3.75. The number of benzene rings is 3. The van der Waals surface area contributed by atoms with Gasteiger partial charge in [0.25, 0.3) is 5.91 Å². The van der Waals surface area contributed by atoms with Gasteiger partial charge in [0, 0.05) is 17.5 Å². The van der Waals surface area contributed by atoms with E-state index in [0.717, 1.165) is 27.8 Å². The lowest BCUT2D eigenvalue weighted by Crippen LogP contribution is -2.39. The minimum Gasteiger partial charge on any atom is -0.497 e. The van der Waals surface area contributed by atoms with E-state index in [1.165, 1.54) is 0 Å². The number of ether oxygens (including phenoxy) is 1. The van der Waals surface area contributed by atoms with Gasteiger partial charge in [0.15, 0.2) is 0 Å². The number of fused-ring (bicyclic) bond motifs is 1. The standard InChI is InChI=1S/C29H27N3O3/c1-19(2)18-31-32-29(33)27-25-9-4-5-10-26(25)35-28(27)22-13-11-21(12-14-22)23(17-30)15-20-7-6-8-24(16-20)34-3/h4-16,19,31H,18H2,1-3H3,(H,32,33). The first-order valence-electron chi connectivity index (χ1n) is 11.4. The lowest BCUT2D eigenvalue weighted by molar-refractivity contribution is 0.0933. The van der Waals surface area contributed by atoms with Gasteiger partial charge < -0.3 is 9.15 Å². The van der Waals surface area contributed by atoms with Crippen molar-refractivity contribution in [1.29, 1.82) is 5.26 Å². The molecule has 4 aromatic rings. The smallest absolute Gasteiger partial charge is 0.269 e. The van der Waals surface area contributed by atoms with Crippen molar-refractivity contribution in [2.75, 3.05) is 13.7 Å². The van der Waals surface area contributed by atoms with Crippen LogP contribution in [-0.2, 0) is 0 Å². The average molecular weight is 466 g/mol. The molecule has 0 saturated carbocycles. The molecule has 0 aliphatic heterocycles. The highest BCUT2D eigenvalue weighted by Crippen LogP contribution is 2.34. The molecule has 2 N–H and O–H groups in total. The number of nitriles is 1. The summed E-state index contributed by atoms with van der Waals surface area (Å²) < 4.78 is 11.4. The highest BCUT2D eigenvalue weighted by molar-refractivity contribution is 6.11. The van der Waals surface area contributed by atoms with E-state index >= 15 is 0 Å². The minimum atomic E-state index is -0.259. The van der Waals surface area contributed by atoms with E-state index in [1.54, 1.807) is 7.11 Å². The van der Waals surface area contributed by atoms with Gasteiger partial charge in [0.2, 0.25) is 0 Å². The molecule has 6 nitrogen and oxygen atoms in total. The second-order valence-electron chi connectivity index (χ2n) is 8.55. The summed E-state index contributed by atoms with van der Waals surface area (Å²) >= 11 is 0. The van der Waals surface area contributed by atoms with Gasteiger partial charge in [-0.2, -0.15) is 5.26 Å². The topological polar surface area (TPSA) is 87.3 Å². The average Bonchev–Trinajstić information content (AvgIpc) is 3.27. The molecule has 0 aliphatic rings. The molecule has 1 amide bonds. The van der Waals surface area contributed by atoms with Crippen molar-refractivity contribution in [2.24, 2.45) is 5.92 Å². The van der Waals surface area contributed by atoms with Crippen LogP contribution in [0.1, 0.15) is 35.3 Å². The molecule has 0 unspecified atom stereocenters. The second-order valence-corrected chi connectivity index (χ2v) is 8.55. The van der Waals surface area contributed by atoms with E-state index in [0.29, 0.717) is 34.9 Å². The Morgan fingerprint density at radius 3 is 2.57 bits per heavy atom. The normalized spacial score (nSPS) is 11.5. The summed E-state index contributed by atoms with van der Waals surface area (Å²) in [5.74, 6) is 1.34. The molecule has 35 heavy (non-hydrogen) atoms. The van der Waals surface area contributed by atoms with Crippen LogP contribution in [-0.4, -0.2) is 19.6 Å². The molecule has 1 aromatic heterocycles. The van der Waals surface area contributed by atoms with Gasteiger partial charge in [-0.15, -0.1) is 0 Å². The molecule has 0 atom stereocenters. The van der Waals surface area contributed by atoms with Crippen LogP contribution in [0.2, 0.25) is 0 Å². The van der Waals surface area contributed by atoms with Gasteiger partial charge in [-0.05, 0) is 41.3 Å². The monoisotopic (exact) mass is 465 g/mol. The number of hydrogen-bond acceptors (Lipinski definition) is 5. The Morgan fingerprint density at radius 1 is 1.09 bits per heavy atom. The van der Waals surface area contributed by atoms with Crippen LogP contribution in [0.4, 0.5) is 0 Å². The SMILES string of the molecule is COc1cccc(C=C(C#N)c2ccc(-c3oc4ccccc4c3C(=O)NNCC(C)C)cc2)c1. The number of nitrogens with one attached hydrogen (secondary N) is 2. The maximum absolute atomic E-state index is 13.1. The molecule has 0 fully saturated rings. The van der Waals surface area contributed by atoms with Crippen molar-refractivity contribution in [1.82, 2.24) is 10.9 Å². The number of hydrogen-bond donors (Lipinski definition) is 2. The fraction of sp³-hybridized carbons (Fsp3) is 0.172. The third-order valence-corrected chi connectivity index (χ3v) is 5.52. The van der Waals surface area contributed by atoms with E-state index in [2.05, 4.69) is 30.8 Å². The first-order chi connectivity index (χ1) is 17.0. The second kappa shape index (κ2) is 10.7. The van der Waals surface area contributed by atoms with Crippen LogP contribution in [0.5, 0.6) is 5.75 Å². The van der Waals surface area contributed by atoms with Gasteiger partial charge in [0.1, 0.15) is 17.1 Å².